The molecule has 1 aromatic rings. The van der Waals surface area contributed by atoms with Crippen LogP contribution in [0.25, 0.3) is 6.08 Å². The molecule has 0 fully saturated rings. The average Bonchev–Trinajstić information content (AvgIpc) is 2.31. The highest BCUT2D eigenvalue weighted by Crippen LogP contribution is 2.35. The number of carboxylic acid groups (broad SMARTS) is 1. The number of carbonyl (C=O) groups is 1. The molecule has 0 aromatic heterocycles. The topological polar surface area (TPSA) is 55.8 Å². The maximum Gasteiger partial charge on any atom is 0.328 e. The second-order valence-electron chi connectivity index (χ2n) is 3.87. The van der Waals surface area contributed by atoms with Gasteiger partial charge in [-0.25, -0.2) is 4.79 Å². The van der Waals surface area contributed by atoms with E-state index in [1.165, 1.54) is 6.08 Å². The number of carboxylic acids is 1. The van der Waals surface area contributed by atoms with Gasteiger partial charge in [-0.15, -0.1) is 0 Å². The molecular formula is C13H14Br2O4. The number of hydrogen-bond donors (Lipinski definition) is 1. The summed E-state index contributed by atoms with van der Waals surface area (Å²) in [5.74, 6) is -0.321. The van der Waals surface area contributed by atoms with Crippen molar-refractivity contribution in [1.29, 1.82) is 0 Å². The number of ether oxygens (including phenoxy) is 2. The Morgan fingerprint density at radius 3 is 2.47 bits per heavy atom. The summed E-state index contributed by atoms with van der Waals surface area (Å²) in [6.45, 7) is 2.39. The molecule has 0 aliphatic rings. The summed E-state index contributed by atoms with van der Waals surface area (Å²) in [6.07, 6.45) is 2.51. The Balaban J connectivity index is 2.94. The molecule has 0 saturated carbocycles. The van der Waals surface area contributed by atoms with Crippen LogP contribution in [0.1, 0.15) is 12.5 Å². The standard InChI is InChI=1S/C13H14Br2O4/c1-8(7-18-2)19-13-10(14)5-9(6-11(13)15)3-4-12(16)17/h3-6,8H,7H2,1-2H3,(H,16,17)/b4-3+. The van der Waals surface area contributed by atoms with Crippen LogP contribution in [0.4, 0.5) is 0 Å². The summed E-state index contributed by atoms with van der Waals surface area (Å²) in [5, 5.41) is 8.60. The molecule has 1 rings (SSSR count). The Hall–Kier alpha value is -0.850. The van der Waals surface area contributed by atoms with E-state index in [2.05, 4.69) is 31.9 Å². The van der Waals surface area contributed by atoms with Crippen LogP contribution in [-0.2, 0) is 9.53 Å². The smallest absolute Gasteiger partial charge is 0.328 e. The minimum absolute atomic E-state index is 0.0852. The van der Waals surface area contributed by atoms with Crippen molar-refractivity contribution in [2.75, 3.05) is 13.7 Å². The molecule has 1 aromatic carbocycles. The Labute approximate surface area is 128 Å². The number of aliphatic carboxylic acids is 1. The lowest BCUT2D eigenvalue weighted by Crippen LogP contribution is -2.18. The van der Waals surface area contributed by atoms with Crippen LogP contribution in [0.5, 0.6) is 5.75 Å². The Morgan fingerprint density at radius 2 is 2.00 bits per heavy atom. The minimum atomic E-state index is -0.985. The van der Waals surface area contributed by atoms with Gasteiger partial charge in [0, 0.05) is 13.2 Å². The van der Waals surface area contributed by atoms with Crippen molar-refractivity contribution in [3.63, 3.8) is 0 Å². The van der Waals surface area contributed by atoms with E-state index in [1.54, 1.807) is 19.2 Å². The van der Waals surface area contributed by atoms with E-state index in [0.717, 1.165) is 20.6 Å². The van der Waals surface area contributed by atoms with Crippen LogP contribution in [0.3, 0.4) is 0 Å². The molecule has 1 N–H and O–H groups in total. The predicted octanol–water partition coefficient (Wildman–Crippen LogP) is 3.72. The average molecular weight is 394 g/mol. The predicted molar refractivity (Wildman–Crippen MR) is 80.5 cm³/mol. The fourth-order valence-electron chi connectivity index (χ4n) is 1.43. The summed E-state index contributed by atoms with van der Waals surface area (Å²) in [5.41, 5.74) is 0.757. The first-order chi connectivity index (χ1) is 8.93. The molecule has 1 atom stereocenters. The first-order valence-corrected chi connectivity index (χ1v) is 7.08. The van der Waals surface area contributed by atoms with Crippen molar-refractivity contribution < 1.29 is 19.4 Å². The number of halogens is 2. The summed E-state index contributed by atoms with van der Waals surface area (Å²) in [4.78, 5) is 10.5. The van der Waals surface area contributed by atoms with Gasteiger partial charge in [0.25, 0.3) is 0 Å². The lowest BCUT2D eigenvalue weighted by molar-refractivity contribution is -0.131. The highest BCUT2D eigenvalue weighted by Gasteiger charge is 2.12. The third kappa shape index (κ3) is 5.34. The van der Waals surface area contributed by atoms with E-state index in [4.69, 9.17) is 14.6 Å². The number of hydrogen-bond acceptors (Lipinski definition) is 3. The molecule has 104 valence electrons. The monoisotopic (exact) mass is 392 g/mol. The number of benzene rings is 1. The maximum atomic E-state index is 10.5. The fourth-order valence-corrected chi connectivity index (χ4v) is 2.83. The van der Waals surface area contributed by atoms with Gasteiger partial charge >= 0.3 is 5.97 Å². The van der Waals surface area contributed by atoms with Crippen molar-refractivity contribution in [3.8, 4) is 5.75 Å². The number of rotatable bonds is 6. The summed E-state index contributed by atoms with van der Waals surface area (Å²) in [6, 6.07) is 3.58. The lowest BCUT2D eigenvalue weighted by Gasteiger charge is -2.16. The largest absolute Gasteiger partial charge is 0.486 e. The Bertz CT molecular complexity index is 463. The van der Waals surface area contributed by atoms with Crippen LogP contribution >= 0.6 is 31.9 Å². The van der Waals surface area contributed by atoms with E-state index in [0.29, 0.717) is 12.4 Å². The molecule has 0 aliphatic heterocycles. The van der Waals surface area contributed by atoms with Gasteiger partial charge < -0.3 is 14.6 Å². The summed E-state index contributed by atoms with van der Waals surface area (Å²) < 4.78 is 12.2. The van der Waals surface area contributed by atoms with Crippen LogP contribution in [0.15, 0.2) is 27.2 Å². The van der Waals surface area contributed by atoms with Gasteiger partial charge in [-0.3, -0.25) is 0 Å². The molecule has 6 heteroatoms. The fraction of sp³-hybridized carbons (Fsp3) is 0.308. The van der Waals surface area contributed by atoms with Crippen molar-refractivity contribution in [1.82, 2.24) is 0 Å². The molecule has 0 spiro atoms. The zero-order valence-electron chi connectivity index (χ0n) is 10.5. The second-order valence-corrected chi connectivity index (χ2v) is 5.58. The highest BCUT2D eigenvalue weighted by molar-refractivity contribution is 9.11. The zero-order chi connectivity index (χ0) is 14.4. The Kier molecular flexibility index (Phi) is 6.54. The highest BCUT2D eigenvalue weighted by atomic mass is 79.9. The summed E-state index contributed by atoms with van der Waals surface area (Å²) >= 11 is 6.81. The van der Waals surface area contributed by atoms with Gasteiger partial charge in [-0.1, -0.05) is 0 Å². The second kappa shape index (κ2) is 7.67. The van der Waals surface area contributed by atoms with E-state index in [1.807, 2.05) is 6.92 Å². The van der Waals surface area contributed by atoms with Gasteiger partial charge in [0.15, 0.2) is 0 Å². The quantitative estimate of drug-likeness (QED) is 0.748. The molecule has 0 radical (unpaired) electrons. The number of methoxy groups -OCH3 is 1. The minimum Gasteiger partial charge on any atom is -0.486 e. The van der Waals surface area contributed by atoms with Gasteiger partial charge in [-0.2, -0.15) is 0 Å². The van der Waals surface area contributed by atoms with E-state index in [9.17, 15) is 4.79 Å². The molecule has 0 bridgehead atoms. The first kappa shape index (κ1) is 16.2. The van der Waals surface area contributed by atoms with Crippen molar-refractivity contribution >= 4 is 43.9 Å². The van der Waals surface area contributed by atoms with Crippen molar-refractivity contribution in [2.24, 2.45) is 0 Å². The first-order valence-electron chi connectivity index (χ1n) is 5.49. The molecule has 0 saturated heterocycles. The van der Waals surface area contributed by atoms with Gasteiger partial charge in [-0.05, 0) is 62.6 Å². The normalized spacial score (nSPS) is 12.6. The molecule has 0 aliphatic carbocycles. The molecular weight excluding hydrogens is 380 g/mol. The molecule has 19 heavy (non-hydrogen) atoms. The van der Waals surface area contributed by atoms with Crippen molar-refractivity contribution in [2.45, 2.75) is 13.0 Å². The Morgan fingerprint density at radius 1 is 1.42 bits per heavy atom. The SMILES string of the molecule is COCC(C)Oc1c(Br)cc(/C=C/C(=O)O)cc1Br. The van der Waals surface area contributed by atoms with Crippen molar-refractivity contribution in [3.05, 3.63) is 32.7 Å². The third-order valence-corrected chi connectivity index (χ3v) is 3.34. The van der Waals surface area contributed by atoms with E-state index >= 15 is 0 Å². The molecule has 0 heterocycles. The molecule has 0 amide bonds. The van der Waals surface area contributed by atoms with Crippen LogP contribution in [-0.4, -0.2) is 30.9 Å². The summed E-state index contributed by atoms with van der Waals surface area (Å²) in [7, 11) is 1.61. The van der Waals surface area contributed by atoms with Gasteiger partial charge in [0.05, 0.1) is 15.6 Å². The third-order valence-electron chi connectivity index (χ3n) is 2.16. The van der Waals surface area contributed by atoms with E-state index in [-0.39, 0.29) is 6.10 Å². The van der Waals surface area contributed by atoms with Crippen LogP contribution in [0, 0.1) is 0 Å². The molecule has 4 nitrogen and oxygen atoms in total. The van der Waals surface area contributed by atoms with E-state index < -0.39 is 5.97 Å². The van der Waals surface area contributed by atoms with Gasteiger partial charge in [0.2, 0.25) is 0 Å². The van der Waals surface area contributed by atoms with Gasteiger partial charge in [0.1, 0.15) is 11.9 Å². The molecule has 1 unspecified atom stereocenters. The van der Waals surface area contributed by atoms with Crippen LogP contribution in [0.2, 0.25) is 0 Å². The lowest BCUT2D eigenvalue weighted by atomic mass is 10.2. The maximum absolute atomic E-state index is 10.5. The zero-order valence-corrected chi connectivity index (χ0v) is 13.7. The van der Waals surface area contributed by atoms with Crippen LogP contribution < -0.4 is 4.74 Å².